The van der Waals surface area contributed by atoms with E-state index in [1.54, 1.807) is 4.68 Å². The maximum atomic E-state index is 4.12. The fourth-order valence-electron chi connectivity index (χ4n) is 1.74. The summed E-state index contributed by atoms with van der Waals surface area (Å²) in [4.78, 5) is 0. The minimum absolute atomic E-state index is 0.593. The molecule has 0 spiro atoms. The molecule has 3 nitrogen and oxygen atoms in total. The van der Waals surface area contributed by atoms with E-state index in [0.717, 1.165) is 12.2 Å². The molecule has 0 radical (unpaired) electrons. The van der Waals surface area contributed by atoms with E-state index >= 15 is 0 Å². The highest BCUT2D eigenvalue weighted by atomic mass is 15.3. The third kappa shape index (κ3) is 3.09. The van der Waals surface area contributed by atoms with Crippen molar-refractivity contribution in [3.05, 3.63) is 47.8 Å². The first-order chi connectivity index (χ1) is 8.15. The Balaban J connectivity index is 1.95. The van der Waals surface area contributed by atoms with Crippen molar-refractivity contribution in [1.29, 1.82) is 0 Å². The van der Waals surface area contributed by atoms with Gasteiger partial charge in [-0.25, -0.2) is 0 Å². The van der Waals surface area contributed by atoms with Crippen LogP contribution in [0.2, 0.25) is 0 Å². The Labute approximate surface area is 102 Å². The lowest BCUT2D eigenvalue weighted by atomic mass is 10.0. The fraction of sp³-hybridized carbons (Fsp3) is 0.357. The van der Waals surface area contributed by atoms with Crippen molar-refractivity contribution in [3.63, 3.8) is 0 Å². The van der Waals surface area contributed by atoms with E-state index in [4.69, 9.17) is 0 Å². The Morgan fingerprint density at radius 1 is 1.24 bits per heavy atom. The van der Waals surface area contributed by atoms with Crippen LogP contribution in [-0.4, -0.2) is 9.78 Å². The molecule has 2 aromatic rings. The molecule has 2 rings (SSSR count). The number of aryl methyl sites for hydroxylation is 1. The SMILES string of the molecule is CC(C)c1ccc(CNc2cnn(C)c2)cc1. The maximum Gasteiger partial charge on any atom is 0.0729 e. The molecule has 0 aliphatic rings. The average Bonchev–Trinajstić information content (AvgIpc) is 2.73. The normalized spacial score (nSPS) is 10.8. The number of hydrogen-bond acceptors (Lipinski definition) is 2. The van der Waals surface area contributed by atoms with Crippen LogP contribution in [0, 0.1) is 0 Å². The molecule has 90 valence electrons. The van der Waals surface area contributed by atoms with E-state index < -0.39 is 0 Å². The predicted molar refractivity (Wildman–Crippen MR) is 71.1 cm³/mol. The highest BCUT2D eigenvalue weighted by Gasteiger charge is 1.99. The quantitative estimate of drug-likeness (QED) is 0.872. The Morgan fingerprint density at radius 2 is 1.94 bits per heavy atom. The van der Waals surface area contributed by atoms with Gasteiger partial charge in [-0.05, 0) is 17.0 Å². The monoisotopic (exact) mass is 229 g/mol. The summed E-state index contributed by atoms with van der Waals surface area (Å²) in [6.07, 6.45) is 3.81. The lowest BCUT2D eigenvalue weighted by Gasteiger charge is -2.07. The van der Waals surface area contributed by atoms with Gasteiger partial charge >= 0.3 is 0 Å². The largest absolute Gasteiger partial charge is 0.378 e. The highest BCUT2D eigenvalue weighted by Crippen LogP contribution is 2.15. The highest BCUT2D eigenvalue weighted by molar-refractivity contribution is 5.39. The van der Waals surface area contributed by atoms with Crippen LogP contribution in [0.3, 0.4) is 0 Å². The molecule has 0 saturated heterocycles. The summed E-state index contributed by atoms with van der Waals surface area (Å²) in [6.45, 7) is 5.26. The van der Waals surface area contributed by atoms with Gasteiger partial charge in [-0.1, -0.05) is 38.1 Å². The van der Waals surface area contributed by atoms with Gasteiger partial charge in [0.25, 0.3) is 0 Å². The van der Waals surface area contributed by atoms with Crippen molar-refractivity contribution in [3.8, 4) is 0 Å². The molecule has 0 bridgehead atoms. The number of benzene rings is 1. The summed E-state index contributed by atoms with van der Waals surface area (Å²) >= 11 is 0. The predicted octanol–water partition coefficient (Wildman–Crippen LogP) is 3.16. The van der Waals surface area contributed by atoms with E-state index in [9.17, 15) is 0 Å². The minimum Gasteiger partial charge on any atom is -0.378 e. The molecule has 0 aliphatic heterocycles. The van der Waals surface area contributed by atoms with Crippen LogP contribution in [0.25, 0.3) is 0 Å². The van der Waals surface area contributed by atoms with Crippen molar-refractivity contribution in [1.82, 2.24) is 9.78 Å². The van der Waals surface area contributed by atoms with Crippen molar-refractivity contribution >= 4 is 5.69 Å². The number of nitrogens with one attached hydrogen (secondary N) is 1. The lowest BCUT2D eigenvalue weighted by molar-refractivity contribution is 0.768. The van der Waals surface area contributed by atoms with E-state index in [0.29, 0.717) is 5.92 Å². The van der Waals surface area contributed by atoms with Gasteiger partial charge in [0, 0.05) is 19.8 Å². The number of nitrogens with zero attached hydrogens (tertiary/aromatic N) is 2. The standard InChI is InChI=1S/C14H19N3/c1-11(2)13-6-4-12(5-7-13)8-15-14-9-16-17(3)10-14/h4-7,9-11,15H,8H2,1-3H3. The molecule has 0 unspecified atom stereocenters. The molecule has 0 fully saturated rings. The number of rotatable bonds is 4. The lowest BCUT2D eigenvalue weighted by Crippen LogP contribution is -1.98. The van der Waals surface area contributed by atoms with Crippen LogP contribution >= 0.6 is 0 Å². The molecule has 17 heavy (non-hydrogen) atoms. The first kappa shape index (κ1) is 11.7. The second-order valence-corrected chi connectivity index (χ2v) is 4.65. The molecule has 1 heterocycles. The van der Waals surface area contributed by atoms with Gasteiger partial charge < -0.3 is 5.32 Å². The second kappa shape index (κ2) is 5.04. The van der Waals surface area contributed by atoms with Gasteiger partial charge in [0.15, 0.2) is 0 Å². The van der Waals surface area contributed by atoms with Crippen LogP contribution in [0.4, 0.5) is 5.69 Å². The summed E-state index contributed by atoms with van der Waals surface area (Å²) in [7, 11) is 1.92. The first-order valence-corrected chi connectivity index (χ1v) is 5.96. The van der Waals surface area contributed by atoms with Crippen LogP contribution in [0.5, 0.6) is 0 Å². The van der Waals surface area contributed by atoms with E-state index in [1.807, 2.05) is 19.4 Å². The van der Waals surface area contributed by atoms with Crippen molar-refractivity contribution in [2.45, 2.75) is 26.3 Å². The van der Waals surface area contributed by atoms with E-state index in [1.165, 1.54) is 11.1 Å². The summed E-state index contributed by atoms with van der Waals surface area (Å²) in [6, 6.07) is 8.76. The molecule has 3 heteroatoms. The Bertz CT molecular complexity index is 468. The zero-order valence-corrected chi connectivity index (χ0v) is 10.6. The third-order valence-electron chi connectivity index (χ3n) is 2.85. The summed E-state index contributed by atoms with van der Waals surface area (Å²) in [5, 5.41) is 7.47. The van der Waals surface area contributed by atoms with E-state index in [-0.39, 0.29) is 0 Å². The maximum absolute atomic E-state index is 4.12. The number of aromatic nitrogens is 2. The van der Waals surface area contributed by atoms with Crippen LogP contribution in [0.15, 0.2) is 36.7 Å². The van der Waals surface area contributed by atoms with Gasteiger partial charge in [-0.3, -0.25) is 4.68 Å². The van der Waals surface area contributed by atoms with Gasteiger partial charge in [-0.15, -0.1) is 0 Å². The first-order valence-electron chi connectivity index (χ1n) is 5.96. The summed E-state index contributed by atoms with van der Waals surface area (Å²) < 4.78 is 1.80. The number of hydrogen-bond donors (Lipinski definition) is 1. The molecular weight excluding hydrogens is 210 g/mol. The zero-order chi connectivity index (χ0) is 12.3. The zero-order valence-electron chi connectivity index (χ0n) is 10.6. The summed E-state index contributed by atoms with van der Waals surface area (Å²) in [5.41, 5.74) is 3.73. The molecule has 1 aromatic carbocycles. The van der Waals surface area contributed by atoms with Gasteiger partial charge in [-0.2, -0.15) is 5.10 Å². The molecule has 0 aliphatic carbocycles. The third-order valence-corrected chi connectivity index (χ3v) is 2.85. The Morgan fingerprint density at radius 3 is 2.47 bits per heavy atom. The molecule has 0 amide bonds. The Kier molecular flexibility index (Phi) is 3.47. The molecule has 0 saturated carbocycles. The van der Waals surface area contributed by atoms with Gasteiger partial charge in [0.05, 0.1) is 11.9 Å². The summed E-state index contributed by atoms with van der Waals surface area (Å²) in [5.74, 6) is 0.593. The van der Waals surface area contributed by atoms with Crippen LogP contribution in [-0.2, 0) is 13.6 Å². The van der Waals surface area contributed by atoms with Crippen molar-refractivity contribution in [2.24, 2.45) is 7.05 Å². The Hall–Kier alpha value is -1.77. The molecule has 0 atom stereocenters. The van der Waals surface area contributed by atoms with Crippen LogP contribution < -0.4 is 5.32 Å². The minimum atomic E-state index is 0.593. The van der Waals surface area contributed by atoms with Crippen LogP contribution in [0.1, 0.15) is 30.9 Å². The van der Waals surface area contributed by atoms with Crippen molar-refractivity contribution in [2.75, 3.05) is 5.32 Å². The second-order valence-electron chi connectivity index (χ2n) is 4.65. The van der Waals surface area contributed by atoms with Gasteiger partial charge in [0.1, 0.15) is 0 Å². The topological polar surface area (TPSA) is 29.9 Å². The fourth-order valence-corrected chi connectivity index (χ4v) is 1.74. The molecule has 1 N–H and O–H groups in total. The molecule has 1 aromatic heterocycles. The number of anilines is 1. The van der Waals surface area contributed by atoms with Crippen molar-refractivity contribution < 1.29 is 0 Å². The molecular formula is C14H19N3. The smallest absolute Gasteiger partial charge is 0.0729 e. The van der Waals surface area contributed by atoms with Gasteiger partial charge in [0.2, 0.25) is 0 Å². The van der Waals surface area contributed by atoms with E-state index in [2.05, 4.69) is 48.5 Å². The average molecular weight is 229 g/mol.